The Kier molecular flexibility index (Phi) is 5.66. The molecule has 0 amide bonds. The minimum absolute atomic E-state index is 0.187. The highest BCUT2D eigenvalue weighted by molar-refractivity contribution is 7.92. The van der Waals surface area contributed by atoms with E-state index in [1.165, 1.54) is 4.31 Å². The van der Waals surface area contributed by atoms with Gasteiger partial charge in [0.25, 0.3) is 0 Å². The molecule has 0 aliphatic rings. The number of benzene rings is 1. The first-order valence-corrected chi connectivity index (χ1v) is 8.46. The SMILES string of the molecule is CCCCS(=O)(=O)N(CC)c1ccc(CC)c(N)c1. The molecule has 0 aliphatic carbocycles. The molecular weight excluding hydrogens is 260 g/mol. The molecule has 0 fully saturated rings. The maximum absolute atomic E-state index is 12.3. The van der Waals surface area contributed by atoms with Crippen molar-refractivity contribution in [3.05, 3.63) is 23.8 Å². The summed E-state index contributed by atoms with van der Waals surface area (Å²) in [7, 11) is -3.25. The highest BCUT2D eigenvalue weighted by Gasteiger charge is 2.20. The van der Waals surface area contributed by atoms with E-state index in [0.29, 0.717) is 24.3 Å². The lowest BCUT2D eigenvalue weighted by atomic mass is 10.1. The summed E-state index contributed by atoms with van der Waals surface area (Å²) in [5.74, 6) is 0.187. The number of nitrogen functional groups attached to an aromatic ring is 1. The Morgan fingerprint density at radius 2 is 1.89 bits per heavy atom. The van der Waals surface area contributed by atoms with Crippen LogP contribution in [0, 0.1) is 0 Å². The fraction of sp³-hybridized carbons (Fsp3) is 0.571. The van der Waals surface area contributed by atoms with Crippen LogP contribution in [0.3, 0.4) is 0 Å². The van der Waals surface area contributed by atoms with Crippen LogP contribution >= 0.6 is 0 Å². The van der Waals surface area contributed by atoms with Gasteiger partial charge in [0.1, 0.15) is 0 Å². The molecule has 19 heavy (non-hydrogen) atoms. The molecule has 0 saturated heterocycles. The standard InChI is InChI=1S/C14H24N2O2S/c1-4-7-10-19(17,18)16(6-3)13-9-8-12(5-2)14(15)11-13/h8-9,11H,4-7,10,15H2,1-3H3. The van der Waals surface area contributed by atoms with Crippen molar-refractivity contribution < 1.29 is 8.42 Å². The van der Waals surface area contributed by atoms with Gasteiger partial charge in [-0.25, -0.2) is 8.42 Å². The third-order valence-electron chi connectivity index (χ3n) is 3.18. The third kappa shape index (κ3) is 3.86. The Hall–Kier alpha value is -1.23. The zero-order valence-corrected chi connectivity index (χ0v) is 12.8. The van der Waals surface area contributed by atoms with Crippen LogP contribution in [0.1, 0.15) is 39.2 Å². The van der Waals surface area contributed by atoms with Gasteiger partial charge in [-0.2, -0.15) is 0 Å². The molecule has 0 saturated carbocycles. The van der Waals surface area contributed by atoms with Crippen LogP contribution in [-0.2, 0) is 16.4 Å². The van der Waals surface area contributed by atoms with E-state index >= 15 is 0 Å². The lowest BCUT2D eigenvalue weighted by Crippen LogP contribution is -2.32. The number of aryl methyl sites for hydroxylation is 1. The fourth-order valence-electron chi connectivity index (χ4n) is 2.04. The molecule has 1 aromatic rings. The molecule has 1 rings (SSSR count). The van der Waals surface area contributed by atoms with Crippen molar-refractivity contribution in [1.29, 1.82) is 0 Å². The third-order valence-corrected chi connectivity index (χ3v) is 5.12. The predicted molar refractivity (Wildman–Crippen MR) is 81.9 cm³/mol. The monoisotopic (exact) mass is 284 g/mol. The van der Waals surface area contributed by atoms with Gasteiger partial charge in [-0.1, -0.05) is 26.3 Å². The maximum Gasteiger partial charge on any atom is 0.235 e. The quantitative estimate of drug-likeness (QED) is 0.783. The summed E-state index contributed by atoms with van der Waals surface area (Å²) in [4.78, 5) is 0. The van der Waals surface area contributed by atoms with E-state index in [9.17, 15) is 8.42 Å². The summed E-state index contributed by atoms with van der Waals surface area (Å²) in [5, 5.41) is 0. The van der Waals surface area contributed by atoms with Crippen LogP contribution in [0.4, 0.5) is 11.4 Å². The summed E-state index contributed by atoms with van der Waals surface area (Å²) >= 11 is 0. The highest BCUT2D eigenvalue weighted by atomic mass is 32.2. The van der Waals surface area contributed by atoms with E-state index in [0.717, 1.165) is 18.4 Å². The Morgan fingerprint density at radius 1 is 1.21 bits per heavy atom. The average molecular weight is 284 g/mol. The summed E-state index contributed by atoms with van der Waals surface area (Å²) < 4.78 is 26.0. The first kappa shape index (κ1) is 15.8. The van der Waals surface area contributed by atoms with Crippen LogP contribution in [0.5, 0.6) is 0 Å². The first-order valence-electron chi connectivity index (χ1n) is 6.85. The van der Waals surface area contributed by atoms with Gasteiger partial charge in [-0.3, -0.25) is 4.31 Å². The highest BCUT2D eigenvalue weighted by Crippen LogP contribution is 2.24. The van der Waals surface area contributed by atoms with E-state index in [-0.39, 0.29) is 5.75 Å². The molecule has 0 heterocycles. The zero-order chi connectivity index (χ0) is 14.5. The molecular formula is C14H24N2O2S. The molecule has 0 spiro atoms. The summed E-state index contributed by atoms with van der Waals surface area (Å²) in [6, 6.07) is 5.50. The molecule has 0 bridgehead atoms. The van der Waals surface area contributed by atoms with Gasteiger partial charge in [0.15, 0.2) is 0 Å². The van der Waals surface area contributed by atoms with Gasteiger partial charge >= 0.3 is 0 Å². The minimum atomic E-state index is -3.25. The molecule has 5 heteroatoms. The van der Waals surface area contributed by atoms with E-state index < -0.39 is 10.0 Å². The van der Waals surface area contributed by atoms with Gasteiger partial charge in [0.2, 0.25) is 10.0 Å². The Bertz CT molecular complexity index is 512. The number of unbranched alkanes of at least 4 members (excludes halogenated alkanes) is 1. The van der Waals surface area contributed by atoms with Gasteiger partial charge in [-0.05, 0) is 37.5 Å². The number of rotatable bonds is 7. The molecule has 108 valence electrons. The van der Waals surface area contributed by atoms with E-state index in [2.05, 4.69) is 0 Å². The number of hydrogen-bond donors (Lipinski definition) is 1. The van der Waals surface area contributed by atoms with E-state index in [4.69, 9.17) is 5.73 Å². The van der Waals surface area contributed by atoms with E-state index in [1.807, 2.05) is 32.9 Å². The smallest absolute Gasteiger partial charge is 0.235 e. The van der Waals surface area contributed by atoms with Crippen LogP contribution in [0.25, 0.3) is 0 Å². The normalized spacial score (nSPS) is 11.5. The second kappa shape index (κ2) is 6.80. The van der Waals surface area contributed by atoms with Crippen molar-refractivity contribution >= 4 is 21.4 Å². The van der Waals surface area contributed by atoms with Crippen molar-refractivity contribution in [2.24, 2.45) is 0 Å². The van der Waals surface area contributed by atoms with Gasteiger partial charge in [-0.15, -0.1) is 0 Å². The van der Waals surface area contributed by atoms with Crippen molar-refractivity contribution in [1.82, 2.24) is 0 Å². The number of hydrogen-bond acceptors (Lipinski definition) is 3. The summed E-state index contributed by atoms with van der Waals surface area (Å²) in [5.41, 5.74) is 8.31. The zero-order valence-electron chi connectivity index (χ0n) is 12.0. The molecule has 0 radical (unpaired) electrons. The maximum atomic E-state index is 12.3. The van der Waals surface area contributed by atoms with Crippen LogP contribution in [0.15, 0.2) is 18.2 Å². The summed E-state index contributed by atoms with van der Waals surface area (Å²) in [6.45, 7) is 6.28. The molecule has 1 aromatic carbocycles. The fourth-order valence-corrected chi connectivity index (χ4v) is 3.74. The van der Waals surface area contributed by atoms with E-state index in [1.54, 1.807) is 6.07 Å². The Morgan fingerprint density at radius 3 is 2.37 bits per heavy atom. The number of nitrogens with two attached hydrogens (primary N) is 1. The second-order valence-electron chi connectivity index (χ2n) is 4.57. The topological polar surface area (TPSA) is 63.4 Å². The second-order valence-corrected chi connectivity index (χ2v) is 6.58. The first-order chi connectivity index (χ1) is 8.96. The number of anilines is 2. The van der Waals surface area contributed by atoms with Crippen molar-refractivity contribution in [3.8, 4) is 0 Å². The Balaban J connectivity index is 3.06. The van der Waals surface area contributed by atoms with Crippen LogP contribution < -0.4 is 10.0 Å². The van der Waals surface area contributed by atoms with Gasteiger partial charge in [0, 0.05) is 12.2 Å². The average Bonchev–Trinajstić information content (AvgIpc) is 2.37. The van der Waals surface area contributed by atoms with Crippen molar-refractivity contribution in [3.63, 3.8) is 0 Å². The molecule has 0 atom stereocenters. The summed E-state index contributed by atoms with van der Waals surface area (Å²) in [6.07, 6.45) is 2.40. The Labute approximate surface area is 116 Å². The number of nitrogens with zero attached hydrogens (tertiary/aromatic N) is 1. The molecule has 4 nitrogen and oxygen atoms in total. The number of sulfonamides is 1. The van der Waals surface area contributed by atoms with Gasteiger partial charge < -0.3 is 5.73 Å². The lowest BCUT2D eigenvalue weighted by molar-refractivity contribution is 0.588. The van der Waals surface area contributed by atoms with Crippen LogP contribution in [0.2, 0.25) is 0 Å². The molecule has 0 aliphatic heterocycles. The predicted octanol–water partition coefficient (Wildman–Crippen LogP) is 2.79. The molecule has 0 aromatic heterocycles. The molecule has 0 unspecified atom stereocenters. The van der Waals surface area contributed by atoms with Gasteiger partial charge in [0.05, 0.1) is 11.4 Å². The van der Waals surface area contributed by atoms with Crippen molar-refractivity contribution in [2.45, 2.75) is 40.0 Å². The minimum Gasteiger partial charge on any atom is -0.398 e. The molecule has 2 N–H and O–H groups in total. The van der Waals surface area contributed by atoms with Crippen LogP contribution in [-0.4, -0.2) is 20.7 Å². The largest absolute Gasteiger partial charge is 0.398 e. The lowest BCUT2D eigenvalue weighted by Gasteiger charge is -2.23. The van der Waals surface area contributed by atoms with Crippen molar-refractivity contribution in [2.75, 3.05) is 22.3 Å².